The molecule has 4 aromatic rings. The lowest BCUT2D eigenvalue weighted by Crippen LogP contribution is -2.19. The molecule has 6 heteroatoms. The van der Waals surface area contributed by atoms with Gasteiger partial charge in [-0.1, -0.05) is 78.9 Å². The van der Waals surface area contributed by atoms with E-state index < -0.39 is 0 Å². The smallest absolute Gasteiger partial charge is 0.251 e. The molecule has 0 radical (unpaired) electrons. The number of anilines is 3. The van der Waals surface area contributed by atoms with Crippen molar-refractivity contribution in [1.29, 1.82) is 0 Å². The summed E-state index contributed by atoms with van der Waals surface area (Å²) < 4.78 is 1.17. The van der Waals surface area contributed by atoms with E-state index >= 15 is 0 Å². The number of nitrogens with two attached hydrogens (primary N) is 1. The molecule has 0 bridgehead atoms. The highest BCUT2D eigenvalue weighted by molar-refractivity contribution is 5.82. The minimum atomic E-state index is -0.214. The lowest BCUT2D eigenvalue weighted by Gasteiger charge is -2.17. The van der Waals surface area contributed by atoms with E-state index in [1.165, 1.54) is 4.68 Å². The Bertz CT molecular complexity index is 1040. The average Bonchev–Trinajstić information content (AvgIpc) is 3.14. The number of rotatable bonds is 6. The van der Waals surface area contributed by atoms with Crippen molar-refractivity contribution in [1.82, 2.24) is 14.8 Å². The Labute approximate surface area is 169 Å². The van der Waals surface area contributed by atoms with Gasteiger partial charge in [-0.25, -0.2) is 0 Å². The van der Waals surface area contributed by atoms with E-state index in [-0.39, 0.29) is 30.1 Å². The summed E-state index contributed by atoms with van der Waals surface area (Å²) in [4.78, 5) is 17.2. The van der Waals surface area contributed by atoms with Crippen LogP contribution in [-0.4, -0.2) is 20.7 Å². The maximum absolute atomic E-state index is 13.0. The van der Waals surface area contributed by atoms with Gasteiger partial charge in [0, 0.05) is 18.0 Å². The van der Waals surface area contributed by atoms with E-state index in [4.69, 9.17) is 5.73 Å². The molecule has 1 aromatic heterocycles. The van der Waals surface area contributed by atoms with E-state index in [9.17, 15) is 4.79 Å². The highest BCUT2D eigenvalue weighted by Gasteiger charge is 2.22. The van der Waals surface area contributed by atoms with Crippen LogP contribution in [0.2, 0.25) is 0 Å². The number of benzene rings is 3. The minimum absolute atomic E-state index is 0.0632. The van der Waals surface area contributed by atoms with Gasteiger partial charge in [-0.05, 0) is 23.3 Å². The van der Waals surface area contributed by atoms with Crippen LogP contribution in [0.5, 0.6) is 0 Å². The third-order valence-corrected chi connectivity index (χ3v) is 4.68. The first-order valence-corrected chi connectivity index (χ1v) is 9.38. The lowest BCUT2D eigenvalue weighted by molar-refractivity contribution is 0.0884. The monoisotopic (exact) mass is 383 g/mol. The summed E-state index contributed by atoms with van der Waals surface area (Å²) in [7, 11) is 0. The van der Waals surface area contributed by atoms with Crippen LogP contribution in [0, 0.1) is 0 Å². The summed E-state index contributed by atoms with van der Waals surface area (Å²) in [6.45, 7) is 0. The van der Waals surface area contributed by atoms with Crippen molar-refractivity contribution in [3.63, 3.8) is 0 Å². The van der Waals surface area contributed by atoms with E-state index in [1.54, 1.807) is 0 Å². The number of hydrogen-bond donors (Lipinski definition) is 2. The van der Waals surface area contributed by atoms with Gasteiger partial charge in [-0.2, -0.15) is 9.67 Å². The Balaban J connectivity index is 1.58. The quantitative estimate of drug-likeness (QED) is 0.513. The standard InChI is InChI=1S/C23H21N5O/c24-22-26-23(25-19-14-8-3-9-15-19)27-28(22)21(29)16-20(17-10-4-1-5-11-17)18-12-6-2-7-13-18/h1-15,20H,16H2,(H3,24,25,26,27). The fourth-order valence-corrected chi connectivity index (χ4v) is 3.27. The zero-order valence-corrected chi connectivity index (χ0v) is 15.8. The van der Waals surface area contributed by atoms with Crippen molar-refractivity contribution in [2.45, 2.75) is 12.3 Å². The highest BCUT2D eigenvalue weighted by atomic mass is 16.2. The molecule has 0 aliphatic carbocycles. The van der Waals surface area contributed by atoms with Gasteiger partial charge in [-0.3, -0.25) is 4.79 Å². The second-order valence-corrected chi connectivity index (χ2v) is 6.67. The fraction of sp³-hybridized carbons (Fsp3) is 0.0870. The number of aromatic nitrogens is 3. The molecule has 3 N–H and O–H groups in total. The summed E-state index contributed by atoms with van der Waals surface area (Å²) in [6, 6.07) is 29.4. The van der Waals surface area contributed by atoms with Crippen LogP contribution in [0.25, 0.3) is 0 Å². The van der Waals surface area contributed by atoms with Crippen molar-refractivity contribution in [2.24, 2.45) is 0 Å². The van der Waals surface area contributed by atoms with Gasteiger partial charge in [0.1, 0.15) is 0 Å². The van der Waals surface area contributed by atoms with Crippen molar-refractivity contribution in [3.8, 4) is 0 Å². The van der Waals surface area contributed by atoms with Gasteiger partial charge in [0.2, 0.25) is 11.9 Å². The third kappa shape index (κ3) is 4.32. The number of para-hydroxylation sites is 1. The number of nitrogens with zero attached hydrogens (tertiary/aromatic N) is 3. The summed E-state index contributed by atoms with van der Waals surface area (Å²) in [6.07, 6.45) is 0.229. The first kappa shape index (κ1) is 18.4. The molecule has 0 atom stereocenters. The van der Waals surface area contributed by atoms with Gasteiger partial charge in [-0.15, -0.1) is 5.10 Å². The number of carbonyl (C=O) groups excluding carboxylic acids is 1. The second-order valence-electron chi connectivity index (χ2n) is 6.67. The Hall–Kier alpha value is -3.93. The SMILES string of the molecule is Nc1nc(Nc2ccccc2)nn1C(=O)CC(c1ccccc1)c1ccccc1. The molecule has 0 spiro atoms. The average molecular weight is 383 g/mol. The summed E-state index contributed by atoms with van der Waals surface area (Å²) >= 11 is 0. The van der Waals surface area contributed by atoms with Crippen molar-refractivity contribution >= 4 is 23.5 Å². The summed E-state index contributed by atoms with van der Waals surface area (Å²) in [5.41, 5.74) is 8.93. The molecule has 0 fully saturated rings. The van der Waals surface area contributed by atoms with Crippen molar-refractivity contribution < 1.29 is 4.79 Å². The van der Waals surface area contributed by atoms with Crippen molar-refractivity contribution in [3.05, 3.63) is 102 Å². The number of nitrogen functional groups attached to an aromatic ring is 1. The first-order valence-electron chi connectivity index (χ1n) is 9.38. The number of hydrogen-bond acceptors (Lipinski definition) is 5. The molecular weight excluding hydrogens is 362 g/mol. The third-order valence-electron chi connectivity index (χ3n) is 4.68. The molecule has 1 heterocycles. The van der Waals surface area contributed by atoms with Crippen molar-refractivity contribution in [2.75, 3.05) is 11.1 Å². The molecule has 3 aromatic carbocycles. The Morgan fingerprint density at radius 2 is 1.38 bits per heavy atom. The molecule has 29 heavy (non-hydrogen) atoms. The molecule has 0 unspecified atom stereocenters. The van der Waals surface area contributed by atoms with Crippen LogP contribution in [0.4, 0.5) is 17.6 Å². The van der Waals surface area contributed by atoms with Crippen LogP contribution >= 0.6 is 0 Å². The van der Waals surface area contributed by atoms with Gasteiger partial charge < -0.3 is 11.1 Å². The van der Waals surface area contributed by atoms with E-state index in [0.717, 1.165) is 16.8 Å². The molecule has 144 valence electrons. The van der Waals surface area contributed by atoms with E-state index in [1.807, 2.05) is 91.0 Å². The Kier molecular flexibility index (Phi) is 5.33. The molecule has 0 saturated carbocycles. The molecule has 4 rings (SSSR count). The van der Waals surface area contributed by atoms with Crippen LogP contribution in [-0.2, 0) is 0 Å². The van der Waals surface area contributed by atoms with E-state index in [2.05, 4.69) is 15.4 Å². The fourth-order valence-electron chi connectivity index (χ4n) is 3.27. The van der Waals surface area contributed by atoms with Gasteiger partial charge in [0.15, 0.2) is 0 Å². The zero-order chi connectivity index (χ0) is 20.1. The molecule has 6 nitrogen and oxygen atoms in total. The molecule has 0 aliphatic rings. The molecule has 0 aliphatic heterocycles. The minimum Gasteiger partial charge on any atom is -0.368 e. The highest BCUT2D eigenvalue weighted by Crippen LogP contribution is 2.28. The molecule has 0 amide bonds. The van der Waals surface area contributed by atoms with Crippen LogP contribution in [0.15, 0.2) is 91.0 Å². The largest absolute Gasteiger partial charge is 0.368 e. The Morgan fingerprint density at radius 3 is 1.93 bits per heavy atom. The topological polar surface area (TPSA) is 85.8 Å². The molecule has 0 saturated heterocycles. The van der Waals surface area contributed by atoms with Crippen LogP contribution in [0.1, 0.15) is 28.3 Å². The summed E-state index contributed by atoms with van der Waals surface area (Å²) in [5.74, 6) is 0.0409. The number of nitrogens with one attached hydrogen (secondary N) is 1. The zero-order valence-electron chi connectivity index (χ0n) is 15.8. The number of carbonyl (C=O) groups is 1. The van der Waals surface area contributed by atoms with Crippen LogP contribution < -0.4 is 11.1 Å². The predicted molar refractivity (Wildman–Crippen MR) is 114 cm³/mol. The van der Waals surface area contributed by atoms with Gasteiger partial charge in [0.05, 0.1) is 0 Å². The normalized spacial score (nSPS) is 10.8. The predicted octanol–water partition coefficient (Wildman–Crippen LogP) is 4.47. The van der Waals surface area contributed by atoms with Crippen LogP contribution in [0.3, 0.4) is 0 Å². The summed E-state index contributed by atoms with van der Waals surface area (Å²) in [5, 5.41) is 7.33. The second kappa shape index (κ2) is 8.39. The Morgan fingerprint density at radius 1 is 0.862 bits per heavy atom. The van der Waals surface area contributed by atoms with Gasteiger partial charge >= 0.3 is 0 Å². The van der Waals surface area contributed by atoms with Gasteiger partial charge in [0.25, 0.3) is 5.91 Å². The lowest BCUT2D eigenvalue weighted by atomic mass is 9.88. The maximum Gasteiger partial charge on any atom is 0.251 e. The molecular formula is C23H21N5O. The maximum atomic E-state index is 13.0. The first-order chi connectivity index (χ1) is 14.2. The van der Waals surface area contributed by atoms with E-state index in [0.29, 0.717) is 0 Å².